The minimum absolute atomic E-state index is 0.0347. The summed E-state index contributed by atoms with van der Waals surface area (Å²) in [6.45, 7) is 3.74. The molecule has 0 spiro atoms. The maximum absolute atomic E-state index is 13.4. The van der Waals surface area contributed by atoms with Gasteiger partial charge in [-0.2, -0.15) is 28.1 Å². The van der Waals surface area contributed by atoms with Gasteiger partial charge in [0.25, 0.3) is 11.7 Å². The Bertz CT molecular complexity index is 1280. The van der Waals surface area contributed by atoms with Crippen LogP contribution in [0.15, 0.2) is 48.7 Å². The highest BCUT2D eigenvalue weighted by atomic mass is 19.4. The van der Waals surface area contributed by atoms with Crippen LogP contribution in [-0.4, -0.2) is 41.3 Å². The molecule has 1 amide bonds. The molecule has 0 saturated carbocycles. The van der Waals surface area contributed by atoms with Crippen molar-refractivity contribution < 1.29 is 18.0 Å². The van der Waals surface area contributed by atoms with Gasteiger partial charge in [0.15, 0.2) is 0 Å². The van der Waals surface area contributed by atoms with Crippen molar-refractivity contribution in [2.24, 2.45) is 0 Å². The smallest absolute Gasteiger partial charge is 0.346 e. The van der Waals surface area contributed by atoms with Crippen LogP contribution in [0.4, 0.5) is 13.2 Å². The van der Waals surface area contributed by atoms with E-state index in [1.165, 1.54) is 18.2 Å². The first-order chi connectivity index (χ1) is 15.7. The molecule has 0 aliphatic carbocycles. The van der Waals surface area contributed by atoms with Gasteiger partial charge >= 0.3 is 6.18 Å². The number of carbonyl (C=O) groups excluding carboxylic acids is 1. The van der Waals surface area contributed by atoms with Crippen molar-refractivity contribution in [2.75, 3.05) is 0 Å². The topological polar surface area (TPSA) is 111 Å². The van der Waals surface area contributed by atoms with Crippen LogP contribution in [0.3, 0.4) is 0 Å². The van der Waals surface area contributed by atoms with Crippen LogP contribution < -0.4 is 5.32 Å². The van der Waals surface area contributed by atoms with E-state index >= 15 is 0 Å². The van der Waals surface area contributed by atoms with Crippen molar-refractivity contribution in [3.8, 4) is 16.9 Å². The summed E-state index contributed by atoms with van der Waals surface area (Å²) < 4.78 is 40.6. The number of pyridine rings is 1. The second-order valence-electron chi connectivity index (χ2n) is 7.25. The average molecular weight is 454 g/mol. The summed E-state index contributed by atoms with van der Waals surface area (Å²) in [5.74, 6) is -1.83. The maximum Gasteiger partial charge on any atom is 0.453 e. The number of aryl methyl sites for hydroxylation is 2. The van der Waals surface area contributed by atoms with E-state index in [1.54, 1.807) is 31.3 Å². The van der Waals surface area contributed by atoms with E-state index in [-0.39, 0.29) is 17.8 Å². The van der Waals surface area contributed by atoms with Crippen molar-refractivity contribution in [1.29, 1.82) is 0 Å². The van der Waals surface area contributed by atoms with E-state index in [0.29, 0.717) is 21.6 Å². The van der Waals surface area contributed by atoms with Crippen LogP contribution in [-0.2, 0) is 12.7 Å². The summed E-state index contributed by atoms with van der Waals surface area (Å²) >= 11 is 0. The van der Waals surface area contributed by atoms with Crippen LogP contribution in [0.5, 0.6) is 0 Å². The van der Waals surface area contributed by atoms with E-state index < -0.39 is 17.9 Å². The van der Waals surface area contributed by atoms with Crippen molar-refractivity contribution in [2.45, 2.75) is 26.6 Å². The zero-order chi connectivity index (χ0) is 23.6. The Morgan fingerprint density at radius 3 is 2.52 bits per heavy atom. The Labute approximate surface area is 185 Å². The molecular weight excluding hydrogens is 437 g/mol. The number of tetrazole rings is 1. The fourth-order valence-electron chi connectivity index (χ4n) is 2.98. The number of hydrogen-bond acceptors (Lipinski definition) is 7. The first-order valence-corrected chi connectivity index (χ1v) is 9.72. The summed E-state index contributed by atoms with van der Waals surface area (Å²) in [7, 11) is 0. The third kappa shape index (κ3) is 5.00. The number of nitrogens with one attached hydrogen (secondary N) is 1. The molecule has 0 bridgehead atoms. The van der Waals surface area contributed by atoms with Gasteiger partial charge in [0.1, 0.15) is 0 Å². The van der Waals surface area contributed by atoms with Gasteiger partial charge in [0.05, 0.1) is 29.3 Å². The van der Waals surface area contributed by atoms with Crippen molar-refractivity contribution >= 4 is 5.91 Å². The Kier molecular flexibility index (Phi) is 5.82. The molecule has 3 heterocycles. The molecule has 1 N–H and O–H groups in total. The standard InChI is InChI=1S/C21H17F3N8O/c1-12-3-6-18(25-10-12)14-7-15(19(33)26-11-16-5-4-13(2)27-28-16)9-17(8-14)32-20(21(22,23)24)29-30-31-32/h3-10H,11H2,1-2H3,(H,26,33). The fourth-order valence-corrected chi connectivity index (χ4v) is 2.98. The summed E-state index contributed by atoms with van der Waals surface area (Å²) in [5, 5.41) is 20.3. The van der Waals surface area contributed by atoms with Crippen molar-refractivity contribution in [3.63, 3.8) is 0 Å². The van der Waals surface area contributed by atoms with Gasteiger partial charge < -0.3 is 5.32 Å². The summed E-state index contributed by atoms with van der Waals surface area (Å²) in [4.78, 5) is 17.2. The minimum atomic E-state index is -4.78. The summed E-state index contributed by atoms with van der Waals surface area (Å²) in [6.07, 6.45) is -3.16. The highest BCUT2D eigenvalue weighted by Crippen LogP contribution is 2.30. The predicted octanol–water partition coefficient (Wildman–Crippen LogP) is 3.08. The number of hydrogen-bond donors (Lipinski definition) is 1. The molecule has 0 aliphatic heterocycles. The Hall–Kier alpha value is -4.22. The SMILES string of the molecule is Cc1ccc(-c2cc(C(=O)NCc3ccc(C)nn3)cc(-n3nnnc3C(F)(F)F)c2)nc1. The molecule has 0 radical (unpaired) electrons. The molecule has 9 nitrogen and oxygen atoms in total. The second-order valence-corrected chi connectivity index (χ2v) is 7.25. The Balaban J connectivity index is 1.73. The van der Waals surface area contributed by atoms with E-state index in [4.69, 9.17) is 0 Å². The van der Waals surface area contributed by atoms with Crippen LogP contribution >= 0.6 is 0 Å². The summed E-state index contributed by atoms with van der Waals surface area (Å²) in [6, 6.07) is 11.2. The number of alkyl halides is 3. The molecule has 12 heteroatoms. The fraction of sp³-hybridized carbons (Fsp3) is 0.190. The molecule has 0 unspecified atom stereocenters. The Morgan fingerprint density at radius 1 is 1.03 bits per heavy atom. The molecule has 168 valence electrons. The van der Waals surface area contributed by atoms with Gasteiger partial charge in [0, 0.05) is 17.3 Å². The lowest BCUT2D eigenvalue weighted by atomic mass is 10.0. The monoisotopic (exact) mass is 454 g/mol. The van der Waals surface area contributed by atoms with Crippen LogP contribution in [0.2, 0.25) is 0 Å². The van der Waals surface area contributed by atoms with Crippen molar-refractivity contribution in [1.82, 2.24) is 40.7 Å². The van der Waals surface area contributed by atoms with Crippen molar-refractivity contribution in [3.05, 3.63) is 77.0 Å². The first-order valence-electron chi connectivity index (χ1n) is 9.72. The van der Waals surface area contributed by atoms with Gasteiger partial charge in [-0.25, -0.2) is 0 Å². The zero-order valence-electron chi connectivity index (χ0n) is 17.5. The molecule has 0 saturated heterocycles. The third-order valence-electron chi connectivity index (χ3n) is 4.64. The molecule has 4 aromatic rings. The normalized spacial score (nSPS) is 11.4. The number of halogens is 3. The van der Waals surface area contributed by atoms with E-state index in [1.807, 2.05) is 13.0 Å². The largest absolute Gasteiger partial charge is 0.453 e. The highest BCUT2D eigenvalue weighted by Gasteiger charge is 2.38. The zero-order valence-corrected chi connectivity index (χ0v) is 17.5. The molecule has 33 heavy (non-hydrogen) atoms. The molecule has 3 aromatic heterocycles. The van der Waals surface area contributed by atoms with Gasteiger partial charge in [0.2, 0.25) is 0 Å². The Morgan fingerprint density at radius 2 is 1.85 bits per heavy atom. The number of carbonyl (C=O) groups is 1. The highest BCUT2D eigenvalue weighted by molar-refractivity contribution is 5.96. The van der Waals surface area contributed by atoms with Gasteiger partial charge in [-0.05, 0) is 66.2 Å². The lowest BCUT2D eigenvalue weighted by Gasteiger charge is -2.12. The number of benzene rings is 1. The average Bonchev–Trinajstić information content (AvgIpc) is 3.29. The number of aromatic nitrogens is 7. The lowest BCUT2D eigenvalue weighted by Crippen LogP contribution is -2.24. The van der Waals surface area contributed by atoms with Gasteiger partial charge in [-0.1, -0.05) is 6.07 Å². The first kappa shape index (κ1) is 22.0. The van der Waals surface area contributed by atoms with Gasteiger partial charge in [-0.15, -0.1) is 5.10 Å². The van der Waals surface area contributed by atoms with E-state index in [0.717, 1.165) is 11.3 Å². The molecule has 4 rings (SSSR count). The number of rotatable bonds is 5. The molecule has 0 atom stereocenters. The predicted molar refractivity (Wildman–Crippen MR) is 110 cm³/mol. The minimum Gasteiger partial charge on any atom is -0.346 e. The summed E-state index contributed by atoms with van der Waals surface area (Å²) in [5.41, 5.74) is 3.15. The molecule has 1 aromatic carbocycles. The molecule has 0 fully saturated rings. The molecule has 0 aliphatic rings. The van der Waals surface area contributed by atoms with E-state index in [2.05, 4.69) is 36.0 Å². The van der Waals surface area contributed by atoms with Crippen LogP contribution in [0.25, 0.3) is 16.9 Å². The lowest BCUT2D eigenvalue weighted by molar-refractivity contribution is -0.146. The third-order valence-corrected chi connectivity index (χ3v) is 4.64. The maximum atomic E-state index is 13.4. The van der Waals surface area contributed by atoms with Crippen LogP contribution in [0, 0.1) is 13.8 Å². The molecular formula is C21H17F3N8O. The number of amides is 1. The number of nitrogens with zero attached hydrogens (tertiary/aromatic N) is 7. The second kappa shape index (κ2) is 8.73. The van der Waals surface area contributed by atoms with E-state index in [9.17, 15) is 18.0 Å². The van der Waals surface area contributed by atoms with Crippen LogP contribution in [0.1, 0.15) is 33.1 Å². The quantitative estimate of drug-likeness (QED) is 0.493. The van der Waals surface area contributed by atoms with Gasteiger partial charge in [-0.3, -0.25) is 9.78 Å².